The number of methoxy groups -OCH3 is 2. The Morgan fingerprint density at radius 2 is 2.16 bits per heavy atom. The van der Waals surface area contributed by atoms with Gasteiger partial charge in [-0.3, -0.25) is 4.79 Å². The van der Waals surface area contributed by atoms with E-state index in [9.17, 15) is 4.79 Å². The second-order valence-corrected chi connectivity index (χ2v) is 5.72. The molecule has 2 saturated heterocycles. The number of hydrogen-bond acceptors (Lipinski definition) is 4. The smallest absolute Gasteiger partial charge is 0.227 e. The molecule has 4 unspecified atom stereocenters. The number of carbonyl (C=O) groups is 1. The number of fused-ring (bicyclic) bond motifs is 2. The van der Waals surface area contributed by atoms with Crippen molar-refractivity contribution >= 4 is 5.91 Å². The summed E-state index contributed by atoms with van der Waals surface area (Å²) in [5, 5.41) is 3.53. The van der Waals surface area contributed by atoms with Gasteiger partial charge in [0, 0.05) is 32.8 Å². The first kappa shape index (κ1) is 14.8. The summed E-state index contributed by atoms with van der Waals surface area (Å²) in [5.41, 5.74) is 0. The molecule has 5 heteroatoms. The molecule has 0 aromatic rings. The summed E-state index contributed by atoms with van der Waals surface area (Å²) in [6.45, 7) is 3.84. The second-order valence-electron chi connectivity index (χ2n) is 5.72. The van der Waals surface area contributed by atoms with Gasteiger partial charge in [0.05, 0.1) is 25.2 Å². The van der Waals surface area contributed by atoms with E-state index in [4.69, 9.17) is 9.47 Å². The van der Waals surface area contributed by atoms with Gasteiger partial charge in [-0.25, -0.2) is 0 Å². The van der Waals surface area contributed by atoms with Gasteiger partial charge in [0.1, 0.15) is 0 Å². The van der Waals surface area contributed by atoms with Crippen LogP contribution in [-0.2, 0) is 14.3 Å². The zero-order chi connectivity index (χ0) is 13.8. The molecule has 0 spiro atoms. The highest BCUT2D eigenvalue weighted by Gasteiger charge is 2.44. The van der Waals surface area contributed by atoms with E-state index >= 15 is 0 Å². The van der Waals surface area contributed by atoms with Crippen molar-refractivity contribution in [2.75, 3.05) is 34.0 Å². The normalized spacial score (nSPS) is 30.6. The maximum absolute atomic E-state index is 12.7. The molecular formula is C14H26N2O3. The summed E-state index contributed by atoms with van der Waals surface area (Å²) >= 11 is 0. The van der Waals surface area contributed by atoms with Gasteiger partial charge in [-0.05, 0) is 26.2 Å². The van der Waals surface area contributed by atoms with Crippen LogP contribution in [0, 0.1) is 5.92 Å². The molecule has 1 amide bonds. The van der Waals surface area contributed by atoms with E-state index in [-0.39, 0.29) is 17.9 Å². The quantitative estimate of drug-likeness (QED) is 0.737. The number of ether oxygens (including phenoxy) is 2. The summed E-state index contributed by atoms with van der Waals surface area (Å²) in [6, 6.07) is 1.05. The zero-order valence-corrected chi connectivity index (χ0v) is 12.2. The molecule has 2 rings (SSSR count). The lowest BCUT2D eigenvalue weighted by atomic mass is 9.88. The van der Waals surface area contributed by atoms with Crippen LogP contribution in [0.2, 0.25) is 0 Å². The van der Waals surface area contributed by atoms with E-state index in [1.807, 2.05) is 11.8 Å². The van der Waals surface area contributed by atoms with Crippen molar-refractivity contribution in [2.45, 2.75) is 44.3 Å². The molecule has 0 aromatic carbocycles. The highest BCUT2D eigenvalue weighted by molar-refractivity contribution is 5.80. The van der Waals surface area contributed by atoms with Crippen molar-refractivity contribution < 1.29 is 14.3 Å². The Labute approximate surface area is 115 Å². The predicted octanol–water partition coefficient (Wildman–Crippen LogP) is 0.637. The number of nitrogens with zero attached hydrogens (tertiary/aromatic N) is 1. The average Bonchev–Trinajstić information content (AvgIpc) is 3.01. The van der Waals surface area contributed by atoms with Gasteiger partial charge in [0.25, 0.3) is 0 Å². The molecular weight excluding hydrogens is 244 g/mol. The first-order chi connectivity index (χ1) is 9.17. The minimum absolute atomic E-state index is 0.103. The van der Waals surface area contributed by atoms with Crippen molar-refractivity contribution in [2.24, 2.45) is 5.92 Å². The van der Waals surface area contributed by atoms with Crippen molar-refractivity contribution in [3.8, 4) is 0 Å². The summed E-state index contributed by atoms with van der Waals surface area (Å²) in [7, 11) is 3.34. The largest absolute Gasteiger partial charge is 0.383 e. The first-order valence-corrected chi connectivity index (χ1v) is 7.21. The fourth-order valence-corrected chi connectivity index (χ4v) is 3.38. The molecule has 2 bridgehead atoms. The molecule has 110 valence electrons. The van der Waals surface area contributed by atoms with Gasteiger partial charge in [-0.1, -0.05) is 0 Å². The average molecular weight is 270 g/mol. The van der Waals surface area contributed by atoms with E-state index in [2.05, 4.69) is 5.32 Å². The highest BCUT2D eigenvalue weighted by atomic mass is 16.5. The summed E-state index contributed by atoms with van der Waals surface area (Å²) < 4.78 is 10.3. The Morgan fingerprint density at radius 1 is 1.37 bits per heavy atom. The van der Waals surface area contributed by atoms with Gasteiger partial charge in [0.15, 0.2) is 0 Å². The van der Waals surface area contributed by atoms with Crippen molar-refractivity contribution in [3.63, 3.8) is 0 Å². The predicted molar refractivity (Wildman–Crippen MR) is 73.0 cm³/mol. The van der Waals surface area contributed by atoms with E-state index in [0.717, 1.165) is 12.8 Å². The van der Waals surface area contributed by atoms with Crippen LogP contribution < -0.4 is 5.32 Å². The SMILES string of the molecule is COCCN(C(=O)C1CC2CCC1N2)C(C)COC. The summed E-state index contributed by atoms with van der Waals surface area (Å²) in [4.78, 5) is 14.7. The van der Waals surface area contributed by atoms with Crippen LogP contribution in [0.5, 0.6) is 0 Å². The molecule has 4 atom stereocenters. The van der Waals surface area contributed by atoms with Crippen molar-refractivity contribution in [1.29, 1.82) is 0 Å². The van der Waals surface area contributed by atoms with Crippen LogP contribution in [0.4, 0.5) is 0 Å². The van der Waals surface area contributed by atoms with Crippen molar-refractivity contribution in [3.05, 3.63) is 0 Å². The summed E-state index contributed by atoms with van der Waals surface area (Å²) in [6.07, 6.45) is 3.35. The molecule has 2 aliphatic heterocycles. The van der Waals surface area contributed by atoms with Gasteiger partial charge >= 0.3 is 0 Å². The topological polar surface area (TPSA) is 50.8 Å². The van der Waals surface area contributed by atoms with Gasteiger partial charge in [-0.15, -0.1) is 0 Å². The number of carbonyl (C=O) groups excluding carboxylic acids is 1. The molecule has 0 aromatic heterocycles. The zero-order valence-electron chi connectivity index (χ0n) is 12.2. The highest BCUT2D eigenvalue weighted by Crippen LogP contribution is 2.34. The third kappa shape index (κ3) is 3.27. The van der Waals surface area contributed by atoms with Crippen LogP contribution in [0.25, 0.3) is 0 Å². The maximum Gasteiger partial charge on any atom is 0.227 e. The monoisotopic (exact) mass is 270 g/mol. The molecule has 5 nitrogen and oxygen atoms in total. The van der Waals surface area contributed by atoms with E-state index in [0.29, 0.717) is 31.8 Å². The number of amides is 1. The maximum atomic E-state index is 12.7. The van der Waals surface area contributed by atoms with E-state index in [1.54, 1.807) is 14.2 Å². The molecule has 1 N–H and O–H groups in total. The molecule has 2 fully saturated rings. The Balaban J connectivity index is 1.98. The Hall–Kier alpha value is -0.650. The van der Waals surface area contributed by atoms with Crippen LogP contribution in [0.15, 0.2) is 0 Å². The Morgan fingerprint density at radius 3 is 2.68 bits per heavy atom. The molecule has 0 saturated carbocycles. The fraction of sp³-hybridized carbons (Fsp3) is 0.929. The summed E-state index contributed by atoms with van der Waals surface area (Å²) in [5.74, 6) is 0.413. The first-order valence-electron chi connectivity index (χ1n) is 7.21. The standard InChI is InChI=1S/C14H26N2O3/c1-10(9-19-3)16(6-7-18-2)14(17)12-8-11-4-5-13(12)15-11/h10-13,15H,4-9H2,1-3H3. The van der Waals surface area contributed by atoms with Crippen LogP contribution in [0.1, 0.15) is 26.2 Å². The lowest BCUT2D eigenvalue weighted by molar-refractivity contribution is -0.140. The Kier molecular flexibility index (Phi) is 5.19. The van der Waals surface area contributed by atoms with E-state index < -0.39 is 0 Å². The Bertz CT molecular complexity index is 311. The van der Waals surface area contributed by atoms with Gasteiger partial charge in [-0.2, -0.15) is 0 Å². The minimum atomic E-state index is 0.103. The van der Waals surface area contributed by atoms with Crippen LogP contribution >= 0.6 is 0 Å². The molecule has 2 aliphatic rings. The van der Waals surface area contributed by atoms with Crippen molar-refractivity contribution in [1.82, 2.24) is 10.2 Å². The van der Waals surface area contributed by atoms with E-state index in [1.165, 1.54) is 6.42 Å². The molecule has 0 aliphatic carbocycles. The van der Waals surface area contributed by atoms with Gasteiger partial charge < -0.3 is 19.7 Å². The lowest BCUT2D eigenvalue weighted by Gasteiger charge is -2.33. The number of hydrogen-bond donors (Lipinski definition) is 1. The fourth-order valence-electron chi connectivity index (χ4n) is 3.38. The second kappa shape index (κ2) is 6.68. The van der Waals surface area contributed by atoms with Crippen LogP contribution in [0.3, 0.4) is 0 Å². The van der Waals surface area contributed by atoms with Crippen LogP contribution in [-0.4, -0.2) is 62.9 Å². The third-order valence-electron chi connectivity index (χ3n) is 4.38. The van der Waals surface area contributed by atoms with Gasteiger partial charge in [0.2, 0.25) is 5.91 Å². The lowest BCUT2D eigenvalue weighted by Crippen LogP contribution is -2.48. The molecule has 2 heterocycles. The number of nitrogens with one attached hydrogen (secondary N) is 1. The molecule has 0 radical (unpaired) electrons. The number of rotatable bonds is 7. The minimum Gasteiger partial charge on any atom is -0.383 e. The third-order valence-corrected chi connectivity index (χ3v) is 4.38. The molecule has 19 heavy (non-hydrogen) atoms.